The van der Waals surface area contributed by atoms with Gasteiger partial charge < -0.3 is 18.9 Å². The monoisotopic (exact) mass is 744 g/mol. The lowest BCUT2D eigenvalue weighted by Gasteiger charge is -2.31. The molecule has 0 N–H and O–H groups in total. The molecular formula is C44H40N8S2. The van der Waals surface area contributed by atoms with Crippen molar-refractivity contribution in [3.63, 3.8) is 0 Å². The molecule has 8 nitrogen and oxygen atoms in total. The molecule has 2 aromatic heterocycles. The van der Waals surface area contributed by atoms with Gasteiger partial charge in [0.1, 0.15) is 0 Å². The highest BCUT2D eigenvalue weighted by atomic mass is 32.2. The SMILES string of the molecule is CN1/C(=C\c2ccn(-c3ccccc3)/c(=N\N3CCN(/N=c4/cc(/C=C5/Sc6ccccc6N5C)ccn4-c4ccccc4)CC3)c2)Sc2ccccc21. The molecule has 0 aliphatic carbocycles. The molecule has 0 unspecified atom stereocenters. The zero-order valence-corrected chi connectivity index (χ0v) is 31.9. The number of pyridine rings is 2. The molecule has 4 aromatic carbocycles. The topological polar surface area (TPSA) is 47.5 Å². The minimum atomic E-state index is 0.756. The molecule has 1 saturated heterocycles. The number of rotatable bonds is 6. The van der Waals surface area contributed by atoms with Gasteiger partial charge in [0.25, 0.3) is 0 Å². The van der Waals surface area contributed by atoms with E-state index in [0.29, 0.717) is 0 Å². The first-order chi connectivity index (χ1) is 26.6. The van der Waals surface area contributed by atoms with Crippen LogP contribution >= 0.6 is 23.5 Å². The third-order valence-corrected chi connectivity index (χ3v) is 12.2. The van der Waals surface area contributed by atoms with Gasteiger partial charge in [-0.2, -0.15) is 10.2 Å². The van der Waals surface area contributed by atoms with Gasteiger partial charge in [-0.25, -0.2) is 0 Å². The number of fused-ring (bicyclic) bond motifs is 2. The predicted molar refractivity (Wildman–Crippen MR) is 223 cm³/mol. The van der Waals surface area contributed by atoms with Crippen LogP contribution in [0.15, 0.2) is 176 Å². The highest BCUT2D eigenvalue weighted by Crippen LogP contribution is 2.46. The van der Waals surface area contributed by atoms with Crippen molar-refractivity contribution in [2.45, 2.75) is 9.79 Å². The lowest BCUT2D eigenvalue weighted by molar-refractivity contribution is 0.130. The molecule has 0 radical (unpaired) electrons. The summed E-state index contributed by atoms with van der Waals surface area (Å²) in [5, 5.41) is 17.3. The maximum absolute atomic E-state index is 5.25. The van der Waals surface area contributed by atoms with Gasteiger partial charge in [-0.05, 0) is 96.1 Å². The van der Waals surface area contributed by atoms with Crippen LogP contribution in [-0.4, -0.2) is 59.4 Å². The molecule has 268 valence electrons. The Bertz CT molecular complexity index is 2340. The van der Waals surface area contributed by atoms with Crippen LogP contribution in [0.4, 0.5) is 11.4 Å². The number of benzene rings is 4. The van der Waals surface area contributed by atoms with Crippen molar-refractivity contribution < 1.29 is 0 Å². The molecule has 9 rings (SSSR count). The van der Waals surface area contributed by atoms with E-state index in [4.69, 9.17) is 10.2 Å². The molecule has 6 aromatic rings. The summed E-state index contributed by atoms with van der Waals surface area (Å²) in [6, 6.07) is 46.7. The second-order valence-corrected chi connectivity index (χ2v) is 15.5. The Labute approximate surface area is 324 Å². The standard InChI is InChI=1S/C44H40N8S2/c1-47-37-17-9-11-19-39(37)53-43(47)31-33-21-23-51(35-13-5-3-6-14-35)41(29-33)45-49-25-27-50(28-26-49)46-42-30-34(22-24-52(42)36-15-7-4-8-16-36)32-44-48(2)38-18-10-12-20-40(38)54-44/h3-24,29-32H,25-28H2,1-2H3/b43-31+,44-32+,45-41-,46-42-. The second kappa shape index (κ2) is 14.9. The normalized spacial score (nSPS) is 17.5. The van der Waals surface area contributed by atoms with Crippen molar-refractivity contribution in [1.29, 1.82) is 0 Å². The smallest absolute Gasteiger partial charge is 0.157 e. The summed E-state index contributed by atoms with van der Waals surface area (Å²) in [6.07, 6.45) is 8.77. The van der Waals surface area contributed by atoms with E-state index in [1.807, 2.05) is 12.1 Å². The Morgan fingerprint density at radius 2 is 0.870 bits per heavy atom. The number of hydrogen-bond donors (Lipinski definition) is 0. The number of hydrogen-bond acceptors (Lipinski definition) is 8. The van der Waals surface area contributed by atoms with Crippen molar-refractivity contribution in [2.75, 3.05) is 50.1 Å². The van der Waals surface area contributed by atoms with E-state index in [9.17, 15) is 0 Å². The molecule has 0 bridgehead atoms. The van der Waals surface area contributed by atoms with E-state index in [0.717, 1.165) is 59.7 Å². The van der Waals surface area contributed by atoms with E-state index < -0.39 is 0 Å². The Morgan fingerprint density at radius 1 is 0.481 bits per heavy atom. The van der Waals surface area contributed by atoms with Gasteiger partial charge in [-0.15, -0.1) is 0 Å². The van der Waals surface area contributed by atoms with E-state index in [2.05, 4.69) is 189 Å². The number of anilines is 2. The zero-order chi connectivity index (χ0) is 36.4. The minimum Gasteiger partial charge on any atom is -0.338 e. The van der Waals surface area contributed by atoms with Crippen LogP contribution in [0.3, 0.4) is 0 Å². The zero-order valence-electron chi connectivity index (χ0n) is 30.2. The summed E-state index contributed by atoms with van der Waals surface area (Å²) in [7, 11) is 4.27. The predicted octanol–water partition coefficient (Wildman–Crippen LogP) is 8.30. The van der Waals surface area contributed by atoms with Gasteiger partial charge in [0, 0.05) is 47.7 Å². The maximum Gasteiger partial charge on any atom is 0.157 e. The Balaban J connectivity index is 0.999. The molecule has 3 aliphatic rings. The third-order valence-electron chi connectivity index (χ3n) is 9.83. The van der Waals surface area contributed by atoms with Gasteiger partial charge in [0.05, 0.1) is 47.6 Å². The molecular weight excluding hydrogens is 705 g/mol. The maximum atomic E-state index is 5.25. The average molecular weight is 745 g/mol. The molecule has 0 amide bonds. The van der Waals surface area contributed by atoms with Crippen LogP contribution in [0, 0.1) is 0 Å². The molecule has 0 atom stereocenters. The molecule has 0 saturated carbocycles. The molecule has 5 heterocycles. The average Bonchev–Trinajstić information content (AvgIpc) is 3.70. The lowest BCUT2D eigenvalue weighted by Crippen LogP contribution is -2.44. The number of piperazine rings is 1. The van der Waals surface area contributed by atoms with Crippen LogP contribution < -0.4 is 20.8 Å². The van der Waals surface area contributed by atoms with Gasteiger partial charge in [-0.1, -0.05) is 84.2 Å². The van der Waals surface area contributed by atoms with Gasteiger partial charge in [0.15, 0.2) is 11.0 Å². The van der Waals surface area contributed by atoms with Crippen molar-refractivity contribution in [3.05, 3.63) is 178 Å². The van der Waals surface area contributed by atoms with Crippen LogP contribution in [0.2, 0.25) is 0 Å². The highest BCUT2D eigenvalue weighted by Gasteiger charge is 2.23. The van der Waals surface area contributed by atoms with Gasteiger partial charge in [0.2, 0.25) is 0 Å². The van der Waals surface area contributed by atoms with Crippen molar-refractivity contribution in [3.8, 4) is 11.4 Å². The largest absolute Gasteiger partial charge is 0.338 e. The van der Waals surface area contributed by atoms with E-state index in [-0.39, 0.29) is 0 Å². The van der Waals surface area contributed by atoms with Crippen LogP contribution in [0.1, 0.15) is 11.1 Å². The number of para-hydroxylation sites is 4. The molecule has 1 fully saturated rings. The molecule has 54 heavy (non-hydrogen) atoms. The number of aromatic nitrogens is 2. The quantitative estimate of drug-likeness (QED) is 0.171. The molecule has 0 spiro atoms. The van der Waals surface area contributed by atoms with Crippen molar-refractivity contribution in [2.24, 2.45) is 10.2 Å². The van der Waals surface area contributed by atoms with Crippen LogP contribution in [-0.2, 0) is 0 Å². The molecule has 3 aliphatic heterocycles. The second-order valence-electron chi connectivity index (χ2n) is 13.4. The van der Waals surface area contributed by atoms with Crippen LogP contribution in [0.5, 0.6) is 0 Å². The van der Waals surface area contributed by atoms with E-state index in [1.165, 1.54) is 31.2 Å². The van der Waals surface area contributed by atoms with E-state index in [1.54, 1.807) is 23.5 Å². The number of nitrogens with zero attached hydrogens (tertiary/aromatic N) is 8. The summed E-state index contributed by atoms with van der Waals surface area (Å²) in [6.45, 7) is 3.02. The Morgan fingerprint density at radius 3 is 1.28 bits per heavy atom. The first kappa shape index (κ1) is 34.0. The van der Waals surface area contributed by atoms with Gasteiger partial charge >= 0.3 is 0 Å². The summed E-state index contributed by atoms with van der Waals surface area (Å²) >= 11 is 3.61. The molecule has 10 heteroatoms. The fraction of sp³-hybridized carbons (Fsp3) is 0.136. The Kier molecular flexibility index (Phi) is 9.36. The summed E-state index contributed by atoms with van der Waals surface area (Å²) in [5.41, 5.74) is 8.65. The fourth-order valence-corrected chi connectivity index (χ4v) is 9.13. The minimum absolute atomic E-state index is 0.756. The van der Waals surface area contributed by atoms with Crippen molar-refractivity contribution >= 4 is 47.1 Å². The Hall–Kier alpha value is -5.84. The van der Waals surface area contributed by atoms with Gasteiger partial charge in [-0.3, -0.25) is 10.0 Å². The first-order valence-corrected chi connectivity index (χ1v) is 19.8. The third kappa shape index (κ3) is 6.98. The fourth-order valence-electron chi connectivity index (χ4n) is 6.91. The lowest BCUT2D eigenvalue weighted by atomic mass is 10.2. The summed E-state index contributed by atoms with van der Waals surface area (Å²) in [5.74, 6) is 0. The summed E-state index contributed by atoms with van der Waals surface area (Å²) in [4.78, 5) is 7.08. The van der Waals surface area contributed by atoms with E-state index >= 15 is 0 Å². The first-order valence-electron chi connectivity index (χ1n) is 18.2. The summed E-state index contributed by atoms with van der Waals surface area (Å²) < 4.78 is 4.33. The number of thioether (sulfide) groups is 2. The highest BCUT2D eigenvalue weighted by molar-refractivity contribution is 8.04. The van der Waals surface area contributed by atoms with Crippen molar-refractivity contribution in [1.82, 2.24) is 19.2 Å². The van der Waals surface area contributed by atoms with Crippen LogP contribution in [0.25, 0.3) is 23.5 Å².